The summed E-state index contributed by atoms with van der Waals surface area (Å²) >= 11 is 0. The molecule has 0 spiro atoms. The highest BCUT2D eigenvalue weighted by molar-refractivity contribution is 5.50. The molecule has 10 heavy (non-hydrogen) atoms. The van der Waals surface area contributed by atoms with Gasteiger partial charge in [0.1, 0.15) is 12.4 Å². The summed E-state index contributed by atoms with van der Waals surface area (Å²) in [5, 5.41) is 26.4. The number of hydrogen-bond acceptors (Lipinski definition) is 4. The van der Waals surface area contributed by atoms with E-state index < -0.39 is 18.3 Å². The van der Waals surface area contributed by atoms with Crippen molar-refractivity contribution in [3.8, 4) is 0 Å². The molecule has 0 unspecified atom stereocenters. The van der Waals surface area contributed by atoms with Crippen LogP contribution in [0.25, 0.3) is 0 Å². The topological polar surface area (TPSA) is 77.8 Å². The minimum atomic E-state index is -1.23. The van der Waals surface area contributed by atoms with E-state index in [1.165, 1.54) is 6.92 Å². The first kappa shape index (κ1) is 9.55. The highest BCUT2D eigenvalue weighted by atomic mass is 16.4. The van der Waals surface area contributed by atoms with Gasteiger partial charge in [0.15, 0.2) is 0 Å². The van der Waals surface area contributed by atoms with Crippen molar-refractivity contribution in [2.45, 2.75) is 31.7 Å². The summed E-state index contributed by atoms with van der Waals surface area (Å²) in [6, 6.07) is 0. The third kappa shape index (κ3) is 2.91. The summed E-state index contributed by atoms with van der Waals surface area (Å²) in [5.74, 6) is 0. The lowest BCUT2D eigenvalue weighted by molar-refractivity contribution is -0.113. The van der Waals surface area contributed by atoms with Crippen molar-refractivity contribution in [2.75, 3.05) is 0 Å². The molecule has 4 heteroatoms. The lowest BCUT2D eigenvalue weighted by atomic mass is 10.1. The van der Waals surface area contributed by atoms with Crippen molar-refractivity contribution in [1.82, 2.24) is 0 Å². The maximum Gasteiger partial charge on any atom is 0.122 e. The third-order valence-electron chi connectivity index (χ3n) is 1.23. The molecule has 0 aromatic heterocycles. The van der Waals surface area contributed by atoms with Crippen LogP contribution in [-0.4, -0.2) is 39.9 Å². The van der Waals surface area contributed by atoms with E-state index in [1.807, 2.05) is 0 Å². The van der Waals surface area contributed by atoms with Gasteiger partial charge in [-0.3, -0.25) is 0 Å². The lowest BCUT2D eigenvalue weighted by Crippen LogP contribution is -2.35. The van der Waals surface area contributed by atoms with Crippen LogP contribution in [0.5, 0.6) is 0 Å². The van der Waals surface area contributed by atoms with Crippen LogP contribution in [0.15, 0.2) is 0 Å². The summed E-state index contributed by atoms with van der Waals surface area (Å²) in [4.78, 5) is 9.79. The largest absolute Gasteiger partial charge is 0.391 e. The molecule has 0 aliphatic carbocycles. The molecule has 0 bridgehead atoms. The highest BCUT2D eigenvalue weighted by Gasteiger charge is 2.19. The summed E-state index contributed by atoms with van der Waals surface area (Å²) in [6.45, 7) is 1.35. The normalized spacial score (nSPS) is 19.6. The molecular weight excluding hydrogens is 136 g/mol. The number of carbonyl (C=O) groups excluding carboxylic acids is 1. The second kappa shape index (κ2) is 4.38. The van der Waals surface area contributed by atoms with Gasteiger partial charge in [-0.1, -0.05) is 0 Å². The molecule has 3 N–H and O–H groups in total. The predicted octanol–water partition coefficient (Wildman–Crippen LogP) is -1.32. The van der Waals surface area contributed by atoms with Crippen LogP contribution in [0.2, 0.25) is 0 Å². The standard InChI is InChI=1S/C6H12O4/c1-4(8)6(10)5(9)2-3-7/h3-6,8-10H,2H2,1H3/t4-,5+,6-/m1/s1. The number of hydrogen-bond donors (Lipinski definition) is 3. The predicted molar refractivity (Wildman–Crippen MR) is 34.4 cm³/mol. The summed E-state index contributed by atoms with van der Waals surface area (Å²) in [7, 11) is 0. The van der Waals surface area contributed by atoms with Gasteiger partial charge in [-0.2, -0.15) is 0 Å². The van der Waals surface area contributed by atoms with Gasteiger partial charge in [0.2, 0.25) is 0 Å². The minimum Gasteiger partial charge on any atom is -0.391 e. The monoisotopic (exact) mass is 148 g/mol. The van der Waals surface area contributed by atoms with E-state index in [-0.39, 0.29) is 6.42 Å². The van der Waals surface area contributed by atoms with Gasteiger partial charge in [0, 0.05) is 6.42 Å². The first-order valence-electron chi connectivity index (χ1n) is 3.07. The van der Waals surface area contributed by atoms with Crippen LogP contribution in [0.4, 0.5) is 0 Å². The Balaban J connectivity index is 3.68. The van der Waals surface area contributed by atoms with Gasteiger partial charge in [0.05, 0.1) is 12.2 Å². The molecule has 0 amide bonds. The fraction of sp³-hybridized carbons (Fsp3) is 0.833. The Morgan fingerprint density at radius 3 is 2.20 bits per heavy atom. The van der Waals surface area contributed by atoms with Crippen molar-refractivity contribution >= 4 is 6.29 Å². The molecule has 0 fully saturated rings. The van der Waals surface area contributed by atoms with Crippen molar-refractivity contribution in [1.29, 1.82) is 0 Å². The zero-order valence-electron chi connectivity index (χ0n) is 5.77. The Hall–Kier alpha value is -0.450. The van der Waals surface area contributed by atoms with Crippen molar-refractivity contribution in [3.05, 3.63) is 0 Å². The van der Waals surface area contributed by atoms with E-state index >= 15 is 0 Å². The smallest absolute Gasteiger partial charge is 0.122 e. The average molecular weight is 148 g/mol. The molecule has 60 valence electrons. The van der Waals surface area contributed by atoms with Gasteiger partial charge in [-0.15, -0.1) is 0 Å². The third-order valence-corrected chi connectivity index (χ3v) is 1.23. The molecule has 4 nitrogen and oxygen atoms in total. The first-order chi connectivity index (χ1) is 4.59. The molecule has 0 aromatic rings. The van der Waals surface area contributed by atoms with Crippen LogP contribution in [-0.2, 0) is 4.79 Å². The van der Waals surface area contributed by atoms with Crippen molar-refractivity contribution in [3.63, 3.8) is 0 Å². The van der Waals surface area contributed by atoms with E-state index in [4.69, 9.17) is 15.3 Å². The van der Waals surface area contributed by atoms with Crippen molar-refractivity contribution < 1.29 is 20.1 Å². The van der Waals surface area contributed by atoms with E-state index in [2.05, 4.69) is 0 Å². The second-order valence-corrected chi connectivity index (χ2v) is 2.20. The second-order valence-electron chi connectivity index (χ2n) is 2.20. The highest BCUT2D eigenvalue weighted by Crippen LogP contribution is 2.01. The Labute approximate surface area is 59.1 Å². The summed E-state index contributed by atoms with van der Waals surface area (Å²) in [6.07, 6.45) is -3.04. The summed E-state index contributed by atoms with van der Waals surface area (Å²) in [5.41, 5.74) is 0. The molecule has 3 atom stereocenters. The maximum atomic E-state index is 9.79. The molecule has 0 saturated heterocycles. The van der Waals surface area contributed by atoms with Crippen LogP contribution >= 0.6 is 0 Å². The average Bonchev–Trinajstić information content (AvgIpc) is 1.87. The molecule has 0 rings (SSSR count). The molecule has 0 heterocycles. The summed E-state index contributed by atoms with van der Waals surface area (Å²) < 4.78 is 0. The number of aldehydes is 1. The Morgan fingerprint density at radius 2 is 1.90 bits per heavy atom. The molecule has 0 radical (unpaired) electrons. The number of carbonyl (C=O) groups is 1. The van der Waals surface area contributed by atoms with Crippen LogP contribution in [0.1, 0.15) is 13.3 Å². The Morgan fingerprint density at radius 1 is 1.40 bits per heavy atom. The minimum absolute atomic E-state index is 0.147. The first-order valence-corrected chi connectivity index (χ1v) is 3.07. The fourth-order valence-electron chi connectivity index (χ4n) is 0.560. The Kier molecular flexibility index (Phi) is 4.18. The van der Waals surface area contributed by atoms with Gasteiger partial charge < -0.3 is 20.1 Å². The number of aliphatic hydroxyl groups is 3. The van der Waals surface area contributed by atoms with Crippen LogP contribution < -0.4 is 0 Å². The van der Waals surface area contributed by atoms with Gasteiger partial charge in [-0.05, 0) is 6.92 Å². The molecule has 0 aliphatic heterocycles. The number of rotatable bonds is 4. The zero-order chi connectivity index (χ0) is 8.15. The molecule has 0 aromatic carbocycles. The van der Waals surface area contributed by atoms with Crippen LogP contribution in [0, 0.1) is 0 Å². The quantitative estimate of drug-likeness (QED) is 0.432. The van der Waals surface area contributed by atoms with E-state index in [9.17, 15) is 4.79 Å². The molecule has 0 saturated carbocycles. The lowest BCUT2D eigenvalue weighted by Gasteiger charge is -2.17. The molecular formula is C6H12O4. The van der Waals surface area contributed by atoms with Crippen LogP contribution in [0.3, 0.4) is 0 Å². The number of aliphatic hydroxyl groups excluding tert-OH is 3. The SMILES string of the molecule is C[C@@H](O)[C@@H](O)[C@@H](O)CC=O. The fourth-order valence-corrected chi connectivity index (χ4v) is 0.560. The Bertz CT molecular complexity index is 102. The van der Waals surface area contributed by atoms with Gasteiger partial charge >= 0.3 is 0 Å². The van der Waals surface area contributed by atoms with Crippen molar-refractivity contribution in [2.24, 2.45) is 0 Å². The zero-order valence-corrected chi connectivity index (χ0v) is 5.77. The van der Waals surface area contributed by atoms with Gasteiger partial charge in [-0.25, -0.2) is 0 Å². The van der Waals surface area contributed by atoms with Gasteiger partial charge in [0.25, 0.3) is 0 Å². The maximum absolute atomic E-state index is 9.79. The molecule has 0 aliphatic rings. The van der Waals surface area contributed by atoms with E-state index in [0.29, 0.717) is 6.29 Å². The van der Waals surface area contributed by atoms with E-state index in [0.717, 1.165) is 0 Å². The van der Waals surface area contributed by atoms with E-state index in [1.54, 1.807) is 0 Å².